The van der Waals surface area contributed by atoms with Gasteiger partial charge < -0.3 is 20.3 Å². The fourth-order valence-electron chi connectivity index (χ4n) is 2.34. The summed E-state index contributed by atoms with van der Waals surface area (Å²) in [5.74, 6) is -0.0623. The molecule has 0 aliphatic carbocycles. The average Bonchev–Trinajstić information content (AvgIpc) is 2.75. The van der Waals surface area contributed by atoms with E-state index >= 15 is 0 Å². The Labute approximate surface area is 121 Å². The number of likely N-dealkylation sites (N-methyl/N-ethyl adjacent to an activating group) is 1. The van der Waals surface area contributed by atoms with Crippen LogP contribution in [0, 0.1) is 0 Å². The van der Waals surface area contributed by atoms with E-state index in [1.54, 1.807) is 16.7 Å². The van der Waals surface area contributed by atoms with Gasteiger partial charge in [-0.05, 0) is 41.0 Å². The number of nitrogens with zero attached hydrogens (tertiary/aromatic N) is 2. The maximum Gasteiger partial charge on any atom is 0.410 e. The van der Waals surface area contributed by atoms with Gasteiger partial charge in [0.05, 0.1) is 12.1 Å². The third-order valence-corrected chi connectivity index (χ3v) is 3.27. The van der Waals surface area contributed by atoms with Crippen molar-refractivity contribution in [2.45, 2.75) is 58.7 Å². The van der Waals surface area contributed by atoms with Crippen LogP contribution in [-0.4, -0.2) is 59.1 Å². The molecular weight excluding hydrogens is 258 g/mol. The molecule has 1 rings (SSSR count). The molecule has 1 aliphatic heterocycles. The van der Waals surface area contributed by atoms with E-state index in [2.05, 4.69) is 0 Å². The van der Waals surface area contributed by atoms with Gasteiger partial charge in [0, 0.05) is 19.6 Å². The van der Waals surface area contributed by atoms with E-state index in [1.165, 1.54) is 0 Å². The molecule has 1 aliphatic rings. The lowest BCUT2D eigenvalue weighted by Gasteiger charge is -2.30. The second kappa shape index (κ2) is 6.43. The zero-order valence-electron chi connectivity index (χ0n) is 13.2. The zero-order valence-corrected chi connectivity index (χ0v) is 13.2. The molecule has 0 unspecified atom stereocenters. The predicted molar refractivity (Wildman–Crippen MR) is 77.2 cm³/mol. The Balaban J connectivity index is 2.64. The molecule has 6 heteroatoms. The highest BCUT2D eigenvalue weighted by molar-refractivity contribution is 5.81. The molecule has 1 fully saturated rings. The van der Waals surface area contributed by atoms with Gasteiger partial charge in [-0.15, -0.1) is 0 Å². The van der Waals surface area contributed by atoms with Crippen molar-refractivity contribution in [3.8, 4) is 0 Å². The highest BCUT2D eigenvalue weighted by Gasteiger charge is 2.34. The number of amides is 2. The van der Waals surface area contributed by atoms with Crippen LogP contribution in [0.2, 0.25) is 0 Å². The summed E-state index contributed by atoms with van der Waals surface area (Å²) in [6.07, 6.45) is 0.450. The van der Waals surface area contributed by atoms with Crippen molar-refractivity contribution in [2.75, 3.05) is 19.6 Å². The van der Waals surface area contributed by atoms with Crippen LogP contribution in [0.4, 0.5) is 4.79 Å². The summed E-state index contributed by atoms with van der Waals surface area (Å²) in [4.78, 5) is 27.4. The summed E-state index contributed by atoms with van der Waals surface area (Å²) in [6.45, 7) is 10.9. The first-order chi connectivity index (χ1) is 9.15. The highest BCUT2D eigenvalue weighted by atomic mass is 16.6. The van der Waals surface area contributed by atoms with Crippen LogP contribution in [0.25, 0.3) is 0 Å². The van der Waals surface area contributed by atoms with Gasteiger partial charge in [-0.2, -0.15) is 0 Å². The van der Waals surface area contributed by atoms with Gasteiger partial charge >= 0.3 is 6.09 Å². The predicted octanol–water partition coefficient (Wildman–Crippen LogP) is 1.19. The molecule has 2 N–H and O–H groups in total. The van der Waals surface area contributed by atoms with Crippen LogP contribution in [-0.2, 0) is 9.53 Å². The van der Waals surface area contributed by atoms with Crippen molar-refractivity contribution in [2.24, 2.45) is 5.73 Å². The van der Waals surface area contributed by atoms with Gasteiger partial charge in [-0.3, -0.25) is 4.79 Å². The summed E-state index contributed by atoms with van der Waals surface area (Å²) in [5, 5.41) is 0. The van der Waals surface area contributed by atoms with Crippen molar-refractivity contribution >= 4 is 12.0 Å². The van der Waals surface area contributed by atoms with Crippen LogP contribution >= 0.6 is 0 Å². The van der Waals surface area contributed by atoms with Gasteiger partial charge in [0.2, 0.25) is 5.91 Å². The topological polar surface area (TPSA) is 75.9 Å². The largest absolute Gasteiger partial charge is 0.444 e. The van der Waals surface area contributed by atoms with Crippen LogP contribution in [0.15, 0.2) is 0 Å². The molecule has 116 valence electrons. The first kappa shape index (κ1) is 16.8. The normalized spacial score (nSPS) is 20.7. The van der Waals surface area contributed by atoms with E-state index in [-0.39, 0.29) is 18.0 Å². The minimum Gasteiger partial charge on any atom is -0.444 e. The molecule has 0 radical (unpaired) electrons. The van der Waals surface area contributed by atoms with E-state index in [1.807, 2.05) is 27.7 Å². The van der Waals surface area contributed by atoms with Gasteiger partial charge in [-0.25, -0.2) is 4.79 Å². The summed E-state index contributed by atoms with van der Waals surface area (Å²) in [6, 6.07) is -0.483. The van der Waals surface area contributed by atoms with Gasteiger partial charge in [0.1, 0.15) is 5.60 Å². The number of carbonyl (C=O) groups is 2. The second-order valence-electron chi connectivity index (χ2n) is 6.28. The maximum absolute atomic E-state index is 12.2. The molecule has 2 amide bonds. The number of hydrogen-bond donors (Lipinski definition) is 1. The molecule has 1 saturated heterocycles. The quantitative estimate of drug-likeness (QED) is 0.845. The van der Waals surface area contributed by atoms with Gasteiger partial charge in [-0.1, -0.05) is 0 Å². The SMILES string of the molecule is CCN(C(=O)OC(C)(C)C)[C@H]1CCN(C(=O)[C@H](C)N)C1. The van der Waals surface area contributed by atoms with Crippen molar-refractivity contribution in [3.05, 3.63) is 0 Å². The molecule has 20 heavy (non-hydrogen) atoms. The van der Waals surface area contributed by atoms with Crippen LogP contribution in [0.1, 0.15) is 41.0 Å². The van der Waals surface area contributed by atoms with Gasteiger partial charge in [0.15, 0.2) is 0 Å². The van der Waals surface area contributed by atoms with Gasteiger partial charge in [0.25, 0.3) is 0 Å². The lowest BCUT2D eigenvalue weighted by molar-refractivity contribution is -0.131. The Hall–Kier alpha value is -1.30. The summed E-state index contributed by atoms with van der Waals surface area (Å²) >= 11 is 0. The first-order valence-electron chi connectivity index (χ1n) is 7.19. The fraction of sp³-hybridized carbons (Fsp3) is 0.857. The molecule has 0 aromatic heterocycles. The number of ether oxygens (including phenoxy) is 1. The van der Waals surface area contributed by atoms with Crippen LogP contribution < -0.4 is 5.73 Å². The monoisotopic (exact) mass is 285 g/mol. The minimum absolute atomic E-state index is 0.0116. The Morgan fingerprint density at radius 3 is 2.50 bits per heavy atom. The smallest absolute Gasteiger partial charge is 0.410 e. The second-order valence-corrected chi connectivity index (χ2v) is 6.28. The molecule has 6 nitrogen and oxygen atoms in total. The summed E-state index contributed by atoms with van der Waals surface area (Å²) < 4.78 is 5.41. The number of nitrogens with two attached hydrogens (primary N) is 1. The first-order valence-corrected chi connectivity index (χ1v) is 7.19. The molecule has 0 aromatic carbocycles. The fourth-order valence-corrected chi connectivity index (χ4v) is 2.34. The molecule has 0 bridgehead atoms. The van der Waals surface area contributed by atoms with E-state index in [0.29, 0.717) is 19.6 Å². The standard InChI is InChI=1S/C14H27N3O3/c1-6-17(13(19)20-14(3,4)5)11-7-8-16(9-11)12(18)10(2)15/h10-11H,6-9,15H2,1-5H3/t10-,11-/m0/s1. The van der Waals surface area contributed by atoms with Crippen molar-refractivity contribution < 1.29 is 14.3 Å². The molecule has 0 saturated carbocycles. The van der Waals surface area contributed by atoms with Crippen molar-refractivity contribution in [3.63, 3.8) is 0 Å². The highest BCUT2D eigenvalue weighted by Crippen LogP contribution is 2.19. The summed E-state index contributed by atoms with van der Waals surface area (Å²) in [7, 11) is 0. The Morgan fingerprint density at radius 1 is 1.45 bits per heavy atom. The number of hydrogen-bond acceptors (Lipinski definition) is 4. The average molecular weight is 285 g/mol. The molecule has 1 heterocycles. The van der Waals surface area contributed by atoms with E-state index in [4.69, 9.17) is 10.5 Å². The molecule has 0 spiro atoms. The number of rotatable bonds is 3. The van der Waals surface area contributed by atoms with E-state index < -0.39 is 11.6 Å². The Morgan fingerprint density at radius 2 is 2.05 bits per heavy atom. The van der Waals surface area contributed by atoms with E-state index in [0.717, 1.165) is 6.42 Å². The number of carbonyl (C=O) groups excluding carboxylic acids is 2. The Bertz CT molecular complexity index is 363. The molecule has 2 atom stereocenters. The van der Waals surface area contributed by atoms with Crippen molar-refractivity contribution in [1.29, 1.82) is 0 Å². The lowest BCUT2D eigenvalue weighted by atomic mass is 10.2. The van der Waals surface area contributed by atoms with Crippen LogP contribution in [0.5, 0.6) is 0 Å². The van der Waals surface area contributed by atoms with Crippen LogP contribution in [0.3, 0.4) is 0 Å². The van der Waals surface area contributed by atoms with Crippen molar-refractivity contribution in [1.82, 2.24) is 9.80 Å². The van der Waals surface area contributed by atoms with E-state index in [9.17, 15) is 9.59 Å². The lowest BCUT2D eigenvalue weighted by Crippen LogP contribution is -2.46. The molecular formula is C14H27N3O3. The maximum atomic E-state index is 12.2. The third-order valence-electron chi connectivity index (χ3n) is 3.27. The Kier molecular flexibility index (Phi) is 5.39. The molecule has 0 aromatic rings. The zero-order chi connectivity index (χ0) is 15.5. The third kappa shape index (κ3) is 4.37. The minimum atomic E-state index is -0.510. The number of likely N-dealkylation sites (tertiary alicyclic amines) is 1. The summed E-state index contributed by atoms with van der Waals surface area (Å²) in [5.41, 5.74) is 5.11.